The van der Waals surface area contributed by atoms with E-state index in [0.717, 1.165) is 24.9 Å². The molecule has 4 heteroatoms. The Morgan fingerprint density at radius 2 is 1.75 bits per heavy atom. The van der Waals surface area contributed by atoms with Gasteiger partial charge in [-0.25, -0.2) is 8.78 Å². The third-order valence-corrected chi connectivity index (χ3v) is 3.92. The molecule has 0 saturated heterocycles. The molecular weight excluding hydrogens is 258 g/mol. The molecule has 1 aromatic carbocycles. The molecule has 0 aliphatic rings. The van der Waals surface area contributed by atoms with E-state index in [1.165, 1.54) is 12.1 Å². The molecule has 1 rings (SSSR count). The largest absolute Gasteiger partial charge is 0.311 e. The van der Waals surface area contributed by atoms with Gasteiger partial charge in [-0.05, 0) is 37.7 Å². The zero-order valence-electron chi connectivity index (χ0n) is 12.9. The highest BCUT2D eigenvalue weighted by Gasteiger charge is 2.19. The molecule has 1 atom stereocenters. The first-order chi connectivity index (χ1) is 9.49. The van der Waals surface area contributed by atoms with Crippen LogP contribution in [0.4, 0.5) is 8.78 Å². The van der Waals surface area contributed by atoms with Gasteiger partial charge in [-0.3, -0.25) is 0 Å². The lowest BCUT2D eigenvalue weighted by molar-refractivity contribution is 0.194. The summed E-state index contributed by atoms with van der Waals surface area (Å²) in [6.07, 6.45) is 2.29. The number of nitrogens with zero attached hydrogens (tertiary/aromatic N) is 1. The number of nitrogens with one attached hydrogen (secondary N) is 1. The Bertz CT molecular complexity index is 403. The van der Waals surface area contributed by atoms with Crippen LogP contribution in [0.5, 0.6) is 0 Å². The van der Waals surface area contributed by atoms with Crippen LogP contribution in [-0.2, 0) is 6.54 Å². The maximum absolute atomic E-state index is 13.1. The summed E-state index contributed by atoms with van der Waals surface area (Å²) in [4.78, 5) is 2.23. The van der Waals surface area contributed by atoms with Crippen molar-refractivity contribution < 1.29 is 8.78 Å². The van der Waals surface area contributed by atoms with Gasteiger partial charge < -0.3 is 10.2 Å². The van der Waals surface area contributed by atoms with Crippen LogP contribution < -0.4 is 5.32 Å². The molecule has 114 valence electrons. The second-order valence-corrected chi connectivity index (χ2v) is 5.49. The number of hydrogen-bond donors (Lipinski definition) is 1. The van der Waals surface area contributed by atoms with Crippen molar-refractivity contribution in [1.82, 2.24) is 10.2 Å². The summed E-state index contributed by atoms with van der Waals surface area (Å²) in [6.45, 7) is 5.82. The Morgan fingerprint density at radius 1 is 1.10 bits per heavy atom. The minimum absolute atomic E-state index is 0.454. The first-order valence-corrected chi connectivity index (χ1v) is 7.30. The van der Waals surface area contributed by atoms with Crippen LogP contribution in [0.3, 0.4) is 0 Å². The molecule has 0 radical (unpaired) electrons. The predicted octanol–water partition coefficient (Wildman–Crippen LogP) is 3.42. The van der Waals surface area contributed by atoms with Crippen molar-refractivity contribution in [3.8, 4) is 0 Å². The fraction of sp³-hybridized carbons (Fsp3) is 0.625. The molecule has 1 unspecified atom stereocenters. The molecule has 0 aliphatic carbocycles. The average Bonchev–Trinajstić information content (AvgIpc) is 2.42. The number of hydrogen-bond acceptors (Lipinski definition) is 2. The van der Waals surface area contributed by atoms with Gasteiger partial charge in [0.15, 0.2) is 11.6 Å². The number of rotatable bonds is 8. The maximum atomic E-state index is 13.1. The molecule has 0 fully saturated rings. The summed E-state index contributed by atoms with van der Waals surface area (Å²) in [6, 6.07) is 4.50. The Labute approximate surface area is 121 Å². The van der Waals surface area contributed by atoms with Crippen LogP contribution in [0.1, 0.15) is 32.3 Å². The zero-order valence-corrected chi connectivity index (χ0v) is 12.9. The van der Waals surface area contributed by atoms with E-state index in [2.05, 4.69) is 38.2 Å². The predicted molar refractivity (Wildman–Crippen MR) is 79.6 cm³/mol. The quantitative estimate of drug-likeness (QED) is 0.787. The Balaban J connectivity index is 2.53. The van der Waals surface area contributed by atoms with Gasteiger partial charge in [-0.15, -0.1) is 0 Å². The lowest BCUT2D eigenvalue weighted by atomic mass is 9.93. The van der Waals surface area contributed by atoms with Gasteiger partial charge in [0.25, 0.3) is 0 Å². The minimum Gasteiger partial charge on any atom is -0.311 e. The van der Waals surface area contributed by atoms with E-state index in [9.17, 15) is 8.78 Å². The minimum atomic E-state index is -0.794. The van der Waals surface area contributed by atoms with Crippen molar-refractivity contribution in [2.45, 2.75) is 39.3 Å². The number of benzene rings is 1. The van der Waals surface area contributed by atoms with Crippen molar-refractivity contribution in [1.29, 1.82) is 0 Å². The van der Waals surface area contributed by atoms with Crippen LogP contribution in [0.25, 0.3) is 0 Å². The van der Waals surface area contributed by atoms with E-state index in [1.807, 2.05) is 0 Å². The summed E-state index contributed by atoms with van der Waals surface area (Å²) < 4.78 is 26.0. The van der Waals surface area contributed by atoms with Crippen LogP contribution in [0.2, 0.25) is 0 Å². The Kier molecular flexibility index (Phi) is 7.10. The summed E-state index contributed by atoms with van der Waals surface area (Å²) >= 11 is 0. The molecule has 0 amide bonds. The lowest BCUT2D eigenvalue weighted by Crippen LogP contribution is -2.42. The molecule has 0 bridgehead atoms. The summed E-state index contributed by atoms with van der Waals surface area (Å²) in [7, 11) is 4.17. The second kappa shape index (κ2) is 8.32. The normalized spacial score (nSPS) is 13.2. The average molecular weight is 284 g/mol. The van der Waals surface area contributed by atoms with Crippen LogP contribution in [-0.4, -0.2) is 31.6 Å². The molecule has 1 N–H and O–H groups in total. The fourth-order valence-corrected chi connectivity index (χ4v) is 2.62. The molecule has 0 saturated carbocycles. The maximum Gasteiger partial charge on any atom is 0.159 e. The van der Waals surface area contributed by atoms with E-state index in [4.69, 9.17) is 0 Å². The van der Waals surface area contributed by atoms with Crippen molar-refractivity contribution >= 4 is 0 Å². The molecule has 2 nitrogen and oxygen atoms in total. The smallest absolute Gasteiger partial charge is 0.159 e. The van der Waals surface area contributed by atoms with Crippen LogP contribution >= 0.6 is 0 Å². The van der Waals surface area contributed by atoms with Crippen molar-refractivity contribution in [2.24, 2.45) is 5.92 Å². The first kappa shape index (κ1) is 17.1. The number of likely N-dealkylation sites (N-methyl/N-ethyl adjacent to an activating group) is 1. The second-order valence-electron chi connectivity index (χ2n) is 5.49. The fourth-order valence-electron chi connectivity index (χ4n) is 2.62. The highest BCUT2D eigenvalue weighted by Crippen LogP contribution is 2.16. The topological polar surface area (TPSA) is 15.3 Å². The van der Waals surface area contributed by atoms with Crippen LogP contribution in [0, 0.1) is 17.6 Å². The van der Waals surface area contributed by atoms with Crippen molar-refractivity contribution in [3.05, 3.63) is 35.4 Å². The van der Waals surface area contributed by atoms with E-state index >= 15 is 0 Å². The Morgan fingerprint density at radius 3 is 2.25 bits per heavy atom. The third kappa shape index (κ3) is 4.84. The highest BCUT2D eigenvalue weighted by atomic mass is 19.2. The molecule has 0 aromatic heterocycles. The monoisotopic (exact) mass is 284 g/mol. The molecule has 0 spiro atoms. The molecular formula is C16H26F2N2. The van der Waals surface area contributed by atoms with E-state index < -0.39 is 11.6 Å². The molecule has 20 heavy (non-hydrogen) atoms. The zero-order chi connectivity index (χ0) is 15.1. The first-order valence-electron chi connectivity index (χ1n) is 7.30. The molecule has 1 aromatic rings. The Hall–Kier alpha value is -1.00. The third-order valence-electron chi connectivity index (χ3n) is 3.92. The standard InChI is InChI=1S/C16H26F2N2/c1-5-13(6-2)16(20(3)4)11-19-10-12-7-8-14(17)15(18)9-12/h7-9,13,16,19H,5-6,10-11H2,1-4H3. The summed E-state index contributed by atoms with van der Waals surface area (Å²) in [5.74, 6) is -0.937. The van der Waals surface area contributed by atoms with Gasteiger partial charge >= 0.3 is 0 Å². The van der Waals surface area contributed by atoms with Gasteiger partial charge in [-0.1, -0.05) is 32.8 Å². The van der Waals surface area contributed by atoms with Crippen LogP contribution in [0.15, 0.2) is 18.2 Å². The van der Waals surface area contributed by atoms with Gasteiger partial charge in [-0.2, -0.15) is 0 Å². The highest BCUT2D eigenvalue weighted by molar-refractivity contribution is 5.17. The van der Waals surface area contributed by atoms with Gasteiger partial charge in [0.2, 0.25) is 0 Å². The molecule has 0 aliphatic heterocycles. The van der Waals surface area contributed by atoms with Gasteiger partial charge in [0.1, 0.15) is 0 Å². The lowest BCUT2D eigenvalue weighted by Gasteiger charge is -2.31. The summed E-state index contributed by atoms with van der Waals surface area (Å²) in [5, 5.41) is 3.35. The van der Waals surface area contributed by atoms with E-state index in [1.54, 1.807) is 6.07 Å². The van der Waals surface area contributed by atoms with Crippen molar-refractivity contribution in [3.63, 3.8) is 0 Å². The summed E-state index contributed by atoms with van der Waals surface area (Å²) in [5.41, 5.74) is 0.769. The van der Waals surface area contributed by atoms with Gasteiger partial charge in [0, 0.05) is 19.1 Å². The SMILES string of the molecule is CCC(CC)C(CNCc1ccc(F)c(F)c1)N(C)C. The molecule has 0 heterocycles. The van der Waals surface area contributed by atoms with Crippen molar-refractivity contribution in [2.75, 3.05) is 20.6 Å². The number of halogens is 2. The van der Waals surface area contributed by atoms with E-state index in [-0.39, 0.29) is 0 Å². The van der Waals surface area contributed by atoms with E-state index in [0.29, 0.717) is 18.5 Å². The van der Waals surface area contributed by atoms with Gasteiger partial charge in [0.05, 0.1) is 0 Å².